The highest BCUT2D eigenvalue weighted by Crippen LogP contribution is 2.29. The summed E-state index contributed by atoms with van der Waals surface area (Å²) >= 11 is 0. The molecule has 0 aromatic heterocycles. The van der Waals surface area contributed by atoms with Crippen molar-refractivity contribution in [1.29, 1.82) is 0 Å². The van der Waals surface area contributed by atoms with Crippen LogP contribution in [0.3, 0.4) is 0 Å². The van der Waals surface area contributed by atoms with Crippen LogP contribution in [0.15, 0.2) is 0 Å². The molecule has 2 fully saturated rings. The predicted octanol–water partition coefficient (Wildman–Crippen LogP) is 1.74. The van der Waals surface area contributed by atoms with Gasteiger partial charge < -0.3 is 11.1 Å². The van der Waals surface area contributed by atoms with E-state index in [4.69, 9.17) is 5.73 Å². The lowest BCUT2D eigenvalue weighted by Crippen LogP contribution is -2.37. The number of nitrogens with one attached hydrogen (secondary N) is 1. The highest BCUT2D eigenvalue weighted by atomic mass is 16.1. The Labute approximate surface area is 123 Å². The molecule has 2 rings (SSSR count). The first kappa shape index (κ1) is 15.8. The molecule has 1 aliphatic heterocycles. The first-order valence-electron chi connectivity index (χ1n) is 8.33. The first-order chi connectivity index (χ1) is 9.60. The molecule has 1 saturated carbocycles. The van der Waals surface area contributed by atoms with Crippen LogP contribution in [-0.2, 0) is 4.79 Å². The Balaban J connectivity index is 1.64. The quantitative estimate of drug-likeness (QED) is 0.712. The van der Waals surface area contributed by atoms with E-state index in [9.17, 15) is 4.79 Å². The second kappa shape index (κ2) is 7.41. The fourth-order valence-electron chi connectivity index (χ4n) is 3.32. The Morgan fingerprint density at radius 3 is 2.65 bits per heavy atom. The third-order valence-electron chi connectivity index (χ3n) is 4.87. The van der Waals surface area contributed by atoms with Crippen LogP contribution >= 0.6 is 0 Å². The highest BCUT2D eigenvalue weighted by molar-refractivity contribution is 5.76. The van der Waals surface area contributed by atoms with Crippen molar-refractivity contribution in [2.75, 3.05) is 19.6 Å². The molecule has 4 nitrogen and oxygen atoms in total. The van der Waals surface area contributed by atoms with Gasteiger partial charge in [0.25, 0.3) is 0 Å². The molecule has 0 aromatic carbocycles. The minimum atomic E-state index is 0.232. The topological polar surface area (TPSA) is 58.4 Å². The lowest BCUT2D eigenvalue weighted by atomic mass is 9.88. The summed E-state index contributed by atoms with van der Waals surface area (Å²) < 4.78 is 0. The molecule has 0 radical (unpaired) electrons. The van der Waals surface area contributed by atoms with E-state index in [1.807, 2.05) is 0 Å². The Hall–Kier alpha value is -0.610. The second-order valence-corrected chi connectivity index (χ2v) is 6.90. The largest absolute Gasteiger partial charge is 0.352 e. The van der Waals surface area contributed by atoms with Crippen LogP contribution < -0.4 is 11.1 Å². The average Bonchev–Trinajstić information content (AvgIpc) is 3.15. The van der Waals surface area contributed by atoms with Crippen LogP contribution in [0.4, 0.5) is 0 Å². The van der Waals surface area contributed by atoms with Gasteiger partial charge >= 0.3 is 0 Å². The summed E-state index contributed by atoms with van der Waals surface area (Å²) in [6, 6.07) is 1.21. The van der Waals surface area contributed by atoms with Crippen LogP contribution in [0.25, 0.3) is 0 Å². The molecule has 0 spiro atoms. The molecule has 2 unspecified atom stereocenters. The third kappa shape index (κ3) is 4.74. The van der Waals surface area contributed by atoms with Crippen molar-refractivity contribution in [3.8, 4) is 0 Å². The van der Waals surface area contributed by atoms with Crippen LogP contribution in [0.1, 0.15) is 52.4 Å². The third-order valence-corrected chi connectivity index (χ3v) is 4.87. The van der Waals surface area contributed by atoms with Crippen LogP contribution in [0.5, 0.6) is 0 Å². The summed E-state index contributed by atoms with van der Waals surface area (Å²) in [7, 11) is 0. The van der Waals surface area contributed by atoms with Crippen molar-refractivity contribution in [3.63, 3.8) is 0 Å². The van der Waals surface area contributed by atoms with E-state index in [0.29, 0.717) is 24.3 Å². The Morgan fingerprint density at radius 2 is 2.05 bits per heavy atom. The van der Waals surface area contributed by atoms with Gasteiger partial charge in [0.05, 0.1) is 0 Å². The van der Waals surface area contributed by atoms with Gasteiger partial charge in [-0.25, -0.2) is 0 Å². The van der Waals surface area contributed by atoms with E-state index in [2.05, 4.69) is 24.1 Å². The number of amides is 1. The van der Waals surface area contributed by atoms with Gasteiger partial charge in [0.2, 0.25) is 5.91 Å². The molecular formula is C16H31N3O. The summed E-state index contributed by atoms with van der Waals surface area (Å²) in [5, 5.41) is 3.22. The molecule has 116 valence electrons. The molecule has 2 atom stereocenters. The molecule has 3 N–H and O–H groups in total. The standard InChI is InChI=1S/C16H31N3O/c1-12(2)13(7-9-17)3-6-16(20)18-14-8-10-19(11-14)15-4-5-15/h12-15H,3-11,17H2,1-2H3,(H,18,20). The predicted molar refractivity (Wildman–Crippen MR) is 82.4 cm³/mol. The molecule has 0 bridgehead atoms. The normalized spacial score (nSPS) is 25.1. The average molecular weight is 281 g/mol. The summed E-state index contributed by atoms with van der Waals surface area (Å²) in [6.07, 6.45) is 6.50. The molecule has 20 heavy (non-hydrogen) atoms. The van der Waals surface area contributed by atoms with E-state index in [0.717, 1.165) is 44.9 Å². The number of carbonyl (C=O) groups is 1. The summed E-state index contributed by atoms with van der Waals surface area (Å²) in [6.45, 7) is 7.40. The van der Waals surface area contributed by atoms with E-state index in [1.165, 1.54) is 12.8 Å². The first-order valence-corrected chi connectivity index (χ1v) is 8.33. The number of hydrogen-bond acceptors (Lipinski definition) is 3. The summed E-state index contributed by atoms with van der Waals surface area (Å²) in [4.78, 5) is 14.6. The van der Waals surface area contributed by atoms with Crippen LogP contribution in [-0.4, -0.2) is 42.5 Å². The molecule has 1 amide bonds. The maximum atomic E-state index is 12.1. The molecule has 1 aliphatic carbocycles. The molecule has 2 aliphatic rings. The lowest BCUT2D eigenvalue weighted by molar-refractivity contribution is -0.122. The van der Waals surface area contributed by atoms with Gasteiger partial charge in [-0.3, -0.25) is 9.69 Å². The molecular weight excluding hydrogens is 250 g/mol. The summed E-state index contributed by atoms with van der Waals surface area (Å²) in [5.41, 5.74) is 5.65. The number of nitrogens with zero attached hydrogens (tertiary/aromatic N) is 1. The summed E-state index contributed by atoms with van der Waals surface area (Å²) in [5.74, 6) is 1.43. The Morgan fingerprint density at radius 1 is 1.30 bits per heavy atom. The monoisotopic (exact) mass is 281 g/mol. The molecule has 1 saturated heterocycles. The van der Waals surface area contributed by atoms with Gasteiger partial charge in [-0.2, -0.15) is 0 Å². The number of rotatable bonds is 8. The molecule has 4 heteroatoms. The lowest BCUT2D eigenvalue weighted by Gasteiger charge is -2.20. The minimum Gasteiger partial charge on any atom is -0.352 e. The Bertz CT molecular complexity index is 315. The van der Waals surface area contributed by atoms with Crippen molar-refractivity contribution in [2.24, 2.45) is 17.6 Å². The van der Waals surface area contributed by atoms with Crippen molar-refractivity contribution < 1.29 is 4.79 Å². The second-order valence-electron chi connectivity index (χ2n) is 6.90. The van der Waals surface area contributed by atoms with Crippen molar-refractivity contribution in [3.05, 3.63) is 0 Å². The number of nitrogens with two attached hydrogens (primary N) is 1. The number of hydrogen-bond donors (Lipinski definition) is 2. The van der Waals surface area contributed by atoms with E-state index in [1.54, 1.807) is 0 Å². The van der Waals surface area contributed by atoms with Crippen molar-refractivity contribution in [2.45, 2.75) is 64.5 Å². The highest BCUT2D eigenvalue weighted by Gasteiger charge is 2.34. The Kier molecular flexibility index (Phi) is 5.85. The van der Waals surface area contributed by atoms with Crippen molar-refractivity contribution >= 4 is 5.91 Å². The maximum Gasteiger partial charge on any atom is 0.220 e. The number of likely N-dealkylation sites (tertiary alicyclic amines) is 1. The fourth-order valence-corrected chi connectivity index (χ4v) is 3.32. The van der Waals surface area contributed by atoms with E-state index < -0.39 is 0 Å². The van der Waals surface area contributed by atoms with Gasteiger partial charge in [0.1, 0.15) is 0 Å². The van der Waals surface area contributed by atoms with Gasteiger partial charge in [-0.05, 0) is 50.5 Å². The van der Waals surface area contributed by atoms with Crippen LogP contribution in [0, 0.1) is 11.8 Å². The zero-order valence-corrected chi connectivity index (χ0v) is 13.1. The van der Waals surface area contributed by atoms with E-state index in [-0.39, 0.29) is 5.91 Å². The van der Waals surface area contributed by atoms with Gasteiger partial charge in [0.15, 0.2) is 0 Å². The zero-order chi connectivity index (χ0) is 14.5. The van der Waals surface area contributed by atoms with E-state index >= 15 is 0 Å². The van der Waals surface area contributed by atoms with Gasteiger partial charge in [0, 0.05) is 31.6 Å². The van der Waals surface area contributed by atoms with Gasteiger partial charge in [-0.1, -0.05) is 13.8 Å². The SMILES string of the molecule is CC(C)C(CCN)CCC(=O)NC1CCN(C2CC2)C1. The minimum absolute atomic E-state index is 0.232. The molecule has 0 aromatic rings. The van der Waals surface area contributed by atoms with Crippen LogP contribution in [0.2, 0.25) is 0 Å². The smallest absolute Gasteiger partial charge is 0.220 e. The number of carbonyl (C=O) groups excluding carboxylic acids is 1. The fraction of sp³-hybridized carbons (Fsp3) is 0.938. The zero-order valence-electron chi connectivity index (χ0n) is 13.1. The maximum absolute atomic E-state index is 12.1. The molecule has 1 heterocycles. The van der Waals surface area contributed by atoms with Crippen molar-refractivity contribution in [1.82, 2.24) is 10.2 Å². The van der Waals surface area contributed by atoms with Gasteiger partial charge in [-0.15, -0.1) is 0 Å².